The van der Waals surface area contributed by atoms with Crippen molar-refractivity contribution in [3.8, 4) is 0 Å². The second kappa shape index (κ2) is 9.05. The molecule has 0 aliphatic carbocycles. The zero-order chi connectivity index (χ0) is 20.0. The van der Waals surface area contributed by atoms with E-state index in [1.165, 1.54) is 19.1 Å². The standard InChI is InChI=1S/C19H25F2N3O3/c1-19(27,18(22)26)8-7-13(17-23-11-16(21)24-17)10-15(25)6-5-12-3-2-4-14(20)9-12/h2-4,9,11,13,15,25,27H,5-8,10H2,1H3,(H2,22,26)(H,23,24)/t13-,15+,19?/m1/s1. The van der Waals surface area contributed by atoms with Crippen molar-refractivity contribution in [2.24, 2.45) is 5.73 Å². The number of aryl methyl sites for hydroxylation is 1. The first-order chi connectivity index (χ1) is 12.7. The third-order valence-corrected chi connectivity index (χ3v) is 4.67. The third-order valence-electron chi connectivity index (χ3n) is 4.67. The van der Waals surface area contributed by atoms with E-state index in [-0.39, 0.29) is 25.1 Å². The van der Waals surface area contributed by atoms with Crippen LogP contribution in [0.5, 0.6) is 0 Å². The van der Waals surface area contributed by atoms with Gasteiger partial charge in [-0.15, -0.1) is 0 Å². The number of benzene rings is 1. The minimum atomic E-state index is -1.70. The normalized spacial score (nSPS) is 15.9. The number of aliphatic hydroxyl groups is 2. The van der Waals surface area contributed by atoms with E-state index in [1.54, 1.807) is 12.1 Å². The van der Waals surface area contributed by atoms with Crippen LogP contribution in [0.4, 0.5) is 8.78 Å². The molecule has 2 aromatic rings. The van der Waals surface area contributed by atoms with Gasteiger partial charge in [0.15, 0.2) is 0 Å². The SMILES string of the molecule is CC(O)(CC[C@H](C[C@@H](O)CCc1cccc(F)c1)c1ncc(F)[nH]1)C(N)=O. The van der Waals surface area contributed by atoms with Gasteiger partial charge in [-0.25, -0.2) is 9.37 Å². The van der Waals surface area contributed by atoms with Gasteiger partial charge in [-0.05, 0) is 56.7 Å². The van der Waals surface area contributed by atoms with Crippen LogP contribution in [0, 0.1) is 11.8 Å². The number of nitrogens with two attached hydrogens (primary N) is 1. The van der Waals surface area contributed by atoms with Gasteiger partial charge in [-0.2, -0.15) is 4.39 Å². The Kier molecular flexibility index (Phi) is 7.04. The van der Waals surface area contributed by atoms with Crippen LogP contribution in [0.3, 0.4) is 0 Å². The molecule has 6 nitrogen and oxygen atoms in total. The maximum Gasteiger partial charge on any atom is 0.249 e. The smallest absolute Gasteiger partial charge is 0.249 e. The van der Waals surface area contributed by atoms with Gasteiger partial charge in [0.25, 0.3) is 0 Å². The van der Waals surface area contributed by atoms with Crippen molar-refractivity contribution in [3.63, 3.8) is 0 Å². The molecule has 0 saturated heterocycles. The molecule has 3 atom stereocenters. The van der Waals surface area contributed by atoms with Crippen LogP contribution >= 0.6 is 0 Å². The summed E-state index contributed by atoms with van der Waals surface area (Å²) in [6.07, 6.45) is 1.73. The fourth-order valence-corrected chi connectivity index (χ4v) is 2.94. The molecule has 148 valence electrons. The van der Waals surface area contributed by atoms with Crippen LogP contribution in [0.1, 0.15) is 49.9 Å². The number of primary amides is 1. The number of nitrogens with one attached hydrogen (secondary N) is 1. The van der Waals surface area contributed by atoms with Gasteiger partial charge in [0, 0.05) is 5.92 Å². The number of nitrogens with zero attached hydrogens (tertiary/aromatic N) is 1. The van der Waals surface area contributed by atoms with Gasteiger partial charge in [0.2, 0.25) is 11.9 Å². The quantitative estimate of drug-likeness (QED) is 0.505. The molecule has 2 rings (SSSR count). The van der Waals surface area contributed by atoms with E-state index in [2.05, 4.69) is 9.97 Å². The van der Waals surface area contributed by atoms with Crippen molar-refractivity contribution in [2.45, 2.75) is 56.7 Å². The number of aromatic amines is 1. The predicted octanol–water partition coefficient (Wildman–Crippen LogP) is 2.17. The van der Waals surface area contributed by atoms with E-state index in [0.717, 1.165) is 11.8 Å². The molecule has 1 aromatic heterocycles. The highest BCUT2D eigenvalue weighted by Crippen LogP contribution is 2.28. The highest BCUT2D eigenvalue weighted by atomic mass is 19.1. The lowest BCUT2D eigenvalue weighted by Gasteiger charge is -2.24. The molecule has 0 aliphatic rings. The first kappa shape index (κ1) is 21.0. The number of halogens is 2. The number of hydrogen-bond acceptors (Lipinski definition) is 4. The van der Waals surface area contributed by atoms with Crippen molar-refractivity contribution in [1.82, 2.24) is 9.97 Å². The molecule has 5 N–H and O–H groups in total. The van der Waals surface area contributed by atoms with E-state index in [0.29, 0.717) is 18.7 Å². The Balaban J connectivity index is 1.99. The van der Waals surface area contributed by atoms with Crippen LogP contribution in [0.25, 0.3) is 0 Å². The predicted molar refractivity (Wildman–Crippen MR) is 95.7 cm³/mol. The van der Waals surface area contributed by atoms with Crippen molar-refractivity contribution in [3.05, 3.63) is 53.6 Å². The Morgan fingerprint density at radius 1 is 1.37 bits per heavy atom. The average molecular weight is 381 g/mol. The third kappa shape index (κ3) is 6.41. The lowest BCUT2D eigenvalue weighted by Crippen LogP contribution is -2.41. The summed E-state index contributed by atoms with van der Waals surface area (Å²) in [4.78, 5) is 17.7. The number of hydrogen-bond donors (Lipinski definition) is 4. The summed E-state index contributed by atoms with van der Waals surface area (Å²) in [5.74, 6) is -1.86. The first-order valence-corrected chi connectivity index (χ1v) is 8.82. The zero-order valence-corrected chi connectivity index (χ0v) is 15.2. The summed E-state index contributed by atoms with van der Waals surface area (Å²) in [5.41, 5.74) is 4.24. The van der Waals surface area contributed by atoms with E-state index in [1.807, 2.05) is 0 Å². The molecule has 8 heteroatoms. The second-order valence-electron chi connectivity index (χ2n) is 7.05. The summed E-state index contributed by atoms with van der Waals surface area (Å²) >= 11 is 0. The molecule has 0 spiro atoms. The summed E-state index contributed by atoms with van der Waals surface area (Å²) in [6.45, 7) is 1.31. The van der Waals surface area contributed by atoms with Crippen LogP contribution in [-0.2, 0) is 11.2 Å². The Hall–Kier alpha value is -2.32. The molecular weight excluding hydrogens is 356 g/mol. The van der Waals surface area contributed by atoms with Crippen LogP contribution in [0.15, 0.2) is 30.5 Å². The van der Waals surface area contributed by atoms with Gasteiger partial charge < -0.3 is 20.9 Å². The molecule has 0 fully saturated rings. The molecule has 27 heavy (non-hydrogen) atoms. The van der Waals surface area contributed by atoms with Gasteiger partial charge in [0.1, 0.15) is 17.2 Å². The van der Waals surface area contributed by atoms with Crippen molar-refractivity contribution in [1.29, 1.82) is 0 Å². The summed E-state index contributed by atoms with van der Waals surface area (Å²) < 4.78 is 26.5. The van der Waals surface area contributed by atoms with E-state index in [9.17, 15) is 23.8 Å². The largest absolute Gasteiger partial charge is 0.393 e. The minimum absolute atomic E-state index is 0.0476. The average Bonchev–Trinajstić information content (AvgIpc) is 3.03. The van der Waals surface area contributed by atoms with Crippen molar-refractivity contribution < 1.29 is 23.8 Å². The van der Waals surface area contributed by atoms with Crippen molar-refractivity contribution in [2.75, 3.05) is 0 Å². The summed E-state index contributed by atoms with van der Waals surface area (Å²) in [6, 6.07) is 6.15. The number of amides is 1. The van der Waals surface area contributed by atoms with Gasteiger partial charge in [-0.3, -0.25) is 4.79 Å². The van der Waals surface area contributed by atoms with Crippen LogP contribution < -0.4 is 5.73 Å². The molecule has 1 aromatic carbocycles. The molecule has 1 heterocycles. The Labute approximate surface area is 156 Å². The fraction of sp³-hybridized carbons (Fsp3) is 0.474. The molecule has 0 bridgehead atoms. The van der Waals surface area contributed by atoms with Gasteiger partial charge in [-0.1, -0.05) is 12.1 Å². The van der Waals surface area contributed by atoms with E-state index in [4.69, 9.17) is 5.73 Å². The Morgan fingerprint density at radius 2 is 2.11 bits per heavy atom. The highest BCUT2D eigenvalue weighted by Gasteiger charge is 2.30. The van der Waals surface area contributed by atoms with Crippen molar-refractivity contribution >= 4 is 5.91 Å². The minimum Gasteiger partial charge on any atom is -0.393 e. The molecule has 0 saturated carbocycles. The monoisotopic (exact) mass is 381 g/mol. The number of imidazole rings is 1. The molecule has 1 amide bonds. The number of H-pyrrole nitrogens is 1. The molecular formula is C19H25F2N3O3. The fourth-order valence-electron chi connectivity index (χ4n) is 2.94. The Morgan fingerprint density at radius 3 is 2.70 bits per heavy atom. The highest BCUT2D eigenvalue weighted by molar-refractivity contribution is 5.82. The lowest BCUT2D eigenvalue weighted by atomic mass is 9.88. The molecule has 0 radical (unpaired) electrons. The van der Waals surface area contributed by atoms with E-state index < -0.39 is 29.5 Å². The number of aromatic nitrogens is 2. The maximum absolute atomic E-state index is 13.3. The lowest BCUT2D eigenvalue weighted by molar-refractivity contribution is -0.135. The summed E-state index contributed by atoms with van der Waals surface area (Å²) in [5, 5.41) is 20.4. The van der Waals surface area contributed by atoms with Crippen LogP contribution in [0.2, 0.25) is 0 Å². The number of carbonyl (C=O) groups is 1. The van der Waals surface area contributed by atoms with E-state index >= 15 is 0 Å². The maximum atomic E-state index is 13.3. The summed E-state index contributed by atoms with van der Waals surface area (Å²) in [7, 11) is 0. The van der Waals surface area contributed by atoms with Gasteiger partial charge in [0.05, 0.1) is 12.3 Å². The Bertz CT molecular complexity index is 764. The first-order valence-electron chi connectivity index (χ1n) is 8.82. The number of carbonyl (C=O) groups excluding carboxylic acids is 1. The molecule has 0 aliphatic heterocycles. The second-order valence-corrected chi connectivity index (χ2v) is 7.05. The topological polar surface area (TPSA) is 112 Å². The number of aliphatic hydroxyl groups excluding tert-OH is 1. The molecule has 1 unspecified atom stereocenters. The van der Waals surface area contributed by atoms with Crippen LogP contribution in [-0.4, -0.2) is 37.8 Å². The zero-order valence-electron chi connectivity index (χ0n) is 15.2. The van der Waals surface area contributed by atoms with Gasteiger partial charge >= 0.3 is 0 Å². The number of rotatable bonds is 10.